The Kier molecular flexibility index (Phi) is 6.79. The molecule has 0 aliphatic heterocycles. The Morgan fingerprint density at radius 3 is 1.62 bits per heavy atom. The van der Waals surface area contributed by atoms with Crippen LogP contribution < -0.4 is 0 Å². The first-order valence-electron chi connectivity index (χ1n) is 8.26. The van der Waals surface area contributed by atoms with Gasteiger partial charge in [-0.2, -0.15) is 26.3 Å². The van der Waals surface area contributed by atoms with Gasteiger partial charge in [-0.25, -0.2) is 0 Å². The second-order valence-corrected chi connectivity index (χ2v) is 6.63. The van der Waals surface area contributed by atoms with E-state index in [1.165, 1.54) is 19.1 Å². The van der Waals surface area contributed by atoms with Gasteiger partial charge < -0.3 is 9.47 Å². The summed E-state index contributed by atoms with van der Waals surface area (Å²) in [7, 11) is 0. The number of hydrogen-bond donors (Lipinski definition) is 0. The molecule has 0 bridgehead atoms. The molecule has 0 aliphatic rings. The van der Waals surface area contributed by atoms with Crippen molar-refractivity contribution in [2.75, 3.05) is 6.61 Å². The molecule has 1 aromatic carbocycles. The summed E-state index contributed by atoms with van der Waals surface area (Å²) in [6, 6.07) is 4.21. The van der Waals surface area contributed by atoms with E-state index < -0.39 is 29.8 Å². The van der Waals surface area contributed by atoms with E-state index in [4.69, 9.17) is 4.74 Å². The molecule has 0 fully saturated rings. The molecule has 150 valence electrons. The van der Waals surface area contributed by atoms with Crippen molar-refractivity contribution in [3.63, 3.8) is 0 Å². The molecule has 26 heavy (non-hydrogen) atoms. The SMILES string of the molecule is CCOC(C)OC(c1ccc(C(C)(C)CC)cc1)(C(F)(F)F)C(F)(F)F. The smallest absolute Gasteiger partial charge is 0.353 e. The Morgan fingerprint density at radius 1 is 0.846 bits per heavy atom. The molecule has 0 saturated carbocycles. The fourth-order valence-corrected chi connectivity index (χ4v) is 2.57. The minimum absolute atomic E-state index is 0.0867. The molecule has 1 atom stereocenters. The zero-order valence-corrected chi connectivity index (χ0v) is 15.4. The van der Waals surface area contributed by atoms with Crippen molar-refractivity contribution in [1.29, 1.82) is 0 Å². The Balaban J connectivity index is 3.54. The van der Waals surface area contributed by atoms with Gasteiger partial charge in [0.1, 0.15) is 0 Å². The minimum Gasteiger partial charge on any atom is -0.353 e. The standard InChI is InChI=1S/C18H24F6O2/c1-6-15(4,5)13-8-10-14(11-9-13)16(17(19,20)21,18(22,23)24)26-12(3)25-7-2/h8-12H,6-7H2,1-5H3. The van der Waals surface area contributed by atoms with Gasteiger partial charge in [0.15, 0.2) is 6.29 Å². The van der Waals surface area contributed by atoms with Gasteiger partial charge >= 0.3 is 12.4 Å². The summed E-state index contributed by atoms with van der Waals surface area (Å²) >= 11 is 0. The van der Waals surface area contributed by atoms with Crippen molar-refractivity contribution >= 4 is 0 Å². The fraction of sp³-hybridized carbons (Fsp3) is 0.667. The normalized spacial score (nSPS) is 15.2. The van der Waals surface area contributed by atoms with Crippen LogP contribution in [0.4, 0.5) is 26.3 Å². The largest absolute Gasteiger partial charge is 0.430 e. The van der Waals surface area contributed by atoms with Crippen LogP contribution in [0.5, 0.6) is 0 Å². The molecule has 0 aromatic heterocycles. The Labute approximate surface area is 149 Å². The van der Waals surface area contributed by atoms with Crippen molar-refractivity contribution in [2.24, 2.45) is 0 Å². The molecule has 2 nitrogen and oxygen atoms in total. The highest BCUT2D eigenvalue weighted by atomic mass is 19.4. The Bertz CT molecular complexity index is 561. The van der Waals surface area contributed by atoms with Gasteiger partial charge in [0, 0.05) is 12.2 Å². The number of ether oxygens (including phenoxy) is 2. The van der Waals surface area contributed by atoms with Crippen molar-refractivity contribution in [1.82, 2.24) is 0 Å². The van der Waals surface area contributed by atoms with Gasteiger partial charge in [-0.3, -0.25) is 0 Å². The summed E-state index contributed by atoms with van der Waals surface area (Å²) in [6.45, 7) is 7.97. The lowest BCUT2D eigenvalue weighted by Crippen LogP contribution is -2.57. The third-order valence-electron chi connectivity index (χ3n) is 4.50. The monoisotopic (exact) mass is 386 g/mol. The second-order valence-electron chi connectivity index (χ2n) is 6.63. The number of rotatable bonds is 7. The summed E-state index contributed by atoms with van der Waals surface area (Å²) in [5, 5.41) is 0. The Hall–Kier alpha value is -1.28. The summed E-state index contributed by atoms with van der Waals surface area (Å²) in [5.41, 5.74) is -5.24. The molecule has 1 aromatic rings. The predicted molar refractivity (Wildman–Crippen MR) is 85.7 cm³/mol. The molecule has 8 heteroatoms. The van der Waals surface area contributed by atoms with Crippen LogP contribution in [-0.4, -0.2) is 25.2 Å². The first-order chi connectivity index (χ1) is 11.7. The van der Waals surface area contributed by atoms with Crippen LogP contribution in [0.1, 0.15) is 52.2 Å². The van der Waals surface area contributed by atoms with Crippen LogP contribution in [0.25, 0.3) is 0 Å². The zero-order chi connectivity index (χ0) is 20.4. The van der Waals surface area contributed by atoms with Crippen molar-refractivity contribution < 1.29 is 35.8 Å². The highest BCUT2D eigenvalue weighted by Gasteiger charge is 2.74. The highest BCUT2D eigenvalue weighted by Crippen LogP contribution is 2.53. The first kappa shape index (κ1) is 22.8. The summed E-state index contributed by atoms with van der Waals surface area (Å²) in [4.78, 5) is 0. The average Bonchev–Trinajstić information content (AvgIpc) is 2.50. The number of hydrogen-bond acceptors (Lipinski definition) is 2. The van der Waals surface area contributed by atoms with Gasteiger partial charge in [0.25, 0.3) is 5.60 Å². The molecule has 0 saturated heterocycles. The zero-order valence-electron chi connectivity index (χ0n) is 15.4. The topological polar surface area (TPSA) is 18.5 Å². The maximum absolute atomic E-state index is 13.7. The maximum Gasteiger partial charge on any atom is 0.430 e. The number of benzene rings is 1. The lowest BCUT2D eigenvalue weighted by atomic mass is 9.80. The molecule has 0 amide bonds. The molecular weight excluding hydrogens is 362 g/mol. The van der Waals surface area contributed by atoms with E-state index in [-0.39, 0.29) is 12.0 Å². The molecule has 1 unspecified atom stereocenters. The van der Waals surface area contributed by atoms with E-state index in [1.807, 2.05) is 20.8 Å². The van der Waals surface area contributed by atoms with Crippen LogP contribution in [-0.2, 0) is 20.5 Å². The van der Waals surface area contributed by atoms with Crippen molar-refractivity contribution in [2.45, 2.75) is 70.7 Å². The molecule has 0 heterocycles. The van der Waals surface area contributed by atoms with Crippen LogP contribution in [0.15, 0.2) is 24.3 Å². The van der Waals surface area contributed by atoms with Gasteiger partial charge in [-0.1, -0.05) is 45.0 Å². The number of alkyl halides is 6. The van der Waals surface area contributed by atoms with E-state index in [2.05, 4.69) is 4.74 Å². The van der Waals surface area contributed by atoms with Gasteiger partial charge in [0.05, 0.1) is 0 Å². The van der Waals surface area contributed by atoms with Gasteiger partial charge in [-0.05, 0) is 31.2 Å². The van der Waals surface area contributed by atoms with E-state index >= 15 is 0 Å². The summed E-state index contributed by atoms with van der Waals surface area (Å²) in [5.74, 6) is 0. The average molecular weight is 386 g/mol. The summed E-state index contributed by atoms with van der Waals surface area (Å²) in [6.07, 6.45) is -12.5. The maximum atomic E-state index is 13.7. The van der Waals surface area contributed by atoms with Crippen LogP contribution >= 0.6 is 0 Å². The van der Waals surface area contributed by atoms with E-state index in [1.54, 1.807) is 0 Å². The van der Waals surface area contributed by atoms with E-state index in [9.17, 15) is 26.3 Å². The molecule has 0 aliphatic carbocycles. The van der Waals surface area contributed by atoms with Crippen LogP contribution in [0.2, 0.25) is 0 Å². The molecule has 0 N–H and O–H groups in total. The first-order valence-corrected chi connectivity index (χ1v) is 8.26. The van der Waals surface area contributed by atoms with E-state index in [0.717, 1.165) is 19.1 Å². The third-order valence-corrected chi connectivity index (χ3v) is 4.50. The highest BCUT2D eigenvalue weighted by molar-refractivity contribution is 5.33. The Morgan fingerprint density at radius 2 is 1.27 bits per heavy atom. The lowest BCUT2D eigenvalue weighted by molar-refractivity contribution is -0.415. The summed E-state index contributed by atoms with van der Waals surface area (Å²) < 4.78 is 91.2. The molecule has 0 radical (unpaired) electrons. The third kappa shape index (κ3) is 4.34. The lowest BCUT2D eigenvalue weighted by Gasteiger charge is -2.39. The van der Waals surface area contributed by atoms with Crippen LogP contribution in [0, 0.1) is 0 Å². The van der Waals surface area contributed by atoms with E-state index in [0.29, 0.717) is 12.0 Å². The molecule has 0 spiro atoms. The molecular formula is C18H24F6O2. The molecule has 1 rings (SSSR count). The van der Waals surface area contributed by atoms with Gasteiger partial charge in [-0.15, -0.1) is 0 Å². The van der Waals surface area contributed by atoms with Gasteiger partial charge in [0.2, 0.25) is 0 Å². The quantitative estimate of drug-likeness (QED) is 0.417. The number of halogens is 6. The minimum atomic E-state index is -5.72. The van der Waals surface area contributed by atoms with Crippen molar-refractivity contribution in [3.8, 4) is 0 Å². The predicted octanol–water partition coefficient (Wildman–Crippen LogP) is 6.09. The fourth-order valence-electron chi connectivity index (χ4n) is 2.57. The van der Waals surface area contributed by atoms with Crippen LogP contribution in [0.3, 0.4) is 0 Å². The second kappa shape index (κ2) is 7.76. The van der Waals surface area contributed by atoms with Crippen molar-refractivity contribution in [3.05, 3.63) is 35.4 Å².